The van der Waals surface area contributed by atoms with Crippen LogP contribution < -0.4 is 9.47 Å². The molecular weight excluding hydrogens is 414 g/mol. The smallest absolute Gasteiger partial charge is 0.226 e. The van der Waals surface area contributed by atoms with Crippen molar-refractivity contribution in [2.75, 3.05) is 0 Å². The Morgan fingerprint density at radius 3 is 2.33 bits per heavy atom. The molecule has 0 amide bonds. The number of carbonyl (C=O) groups excluding carboxylic acids is 1. The SMILES string of the molecule is Cc1cccc(COc2cccc(OCc3coc(-c4ccccc4)n3)c2)c1C(=O)C(C)C. The third-order valence-electron chi connectivity index (χ3n) is 5.29. The van der Waals surface area contributed by atoms with Gasteiger partial charge in [0.2, 0.25) is 5.89 Å². The Hall–Kier alpha value is -3.86. The van der Waals surface area contributed by atoms with Gasteiger partial charge in [0.25, 0.3) is 0 Å². The van der Waals surface area contributed by atoms with Crippen LogP contribution in [0, 0.1) is 12.8 Å². The Bertz CT molecular complexity index is 1230. The third kappa shape index (κ3) is 5.50. The Labute approximate surface area is 194 Å². The van der Waals surface area contributed by atoms with Crippen LogP contribution in [0.15, 0.2) is 83.5 Å². The highest BCUT2D eigenvalue weighted by Gasteiger charge is 2.17. The van der Waals surface area contributed by atoms with Crippen LogP contribution in [0.4, 0.5) is 0 Å². The molecule has 0 aliphatic rings. The lowest BCUT2D eigenvalue weighted by atomic mass is 9.93. The van der Waals surface area contributed by atoms with Crippen molar-refractivity contribution in [2.45, 2.75) is 34.0 Å². The first-order chi connectivity index (χ1) is 16.0. The van der Waals surface area contributed by atoms with Gasteiger partial charge in [0.1, 0.15) is 36.7 Å². The average Bonchev–Trinajstić information content (AvgIpc) is 3.31. The van der Waals surface area contributed by atoms with E-state index >= 15 is 0 Å². The third-order valence-corrected chi connectivity index (χ3v) is 5.29. The van der Waals surface area contributed by atoms with Crippen molar-refractivity contribution in [3.8, 4) is 23.0 Å². The molecule has 0 aliphatic heterocycles. The summed E-state index contributed by atoms with van der Waals surface area (Å²) in [6, 6.07) is 23.0. The summed E-state index contributed by atoms with van der Waals surface area (Å²) in [5, 5.41) is 0. The van der Waals surface area contributed by atoms with Crippen molar-refractivity contribution in [1.29, 1.82) is 0 Å². The molecule has 168 valence electrons. The maximum Gasteiger partial charge on any atom is 0.226 e. The molecule has 0 saturated carbocycles. The van der Waals surface area contributed by atoms with Crippen molar-refractivity contribution in [3.05, 3.63) is 101 Å². The fourth-order valence-electron chi connectivity index (χ4n) is 3.55. The topological polar surface area (TPSA) is 61.6 Å². The van der Waals surface area contributed by atoms with Crippen LogP contribution in [0.5, 0.6) is 11.5 Å². The predicted molar refractivity (Wildman–Crippen MR) is 127 cm³/mol. The van der Waals surface area contributed by atoms with Crippen molar-refractivity contribution in [3.63, 3.8) is 0 Å². The number of carbonyl (C=O) groups is 1. The second kappa shape index (κ2) is 10.2. The van der Waals surface area contributed by atoms with Crippen LogP contribution in [-0.4, -0.2) is 10.8 Å². The molecule has 0 saturated heterocycles. The molecule has 1 aromatic heterocycles. The molecule has 3 aromatic carbocycles. The summed E-state index contributed by atoms with van der Waals surface area (Å²) in [5.41, 5.74) is 4.23. The van der Waals surface area contributed by atoms with E-state index < -0.39 is 0 Å². The zero-order chi connectivity index (χ0) is 23.2. The lowest BCUT2D eigenvalue weighted by Gasteiger charge is -2.15. The van der Waals surface area contributed by atoms with Crippen LogP contribution in [0.3, 0.4) is 0 Å². The highest BCUT2D eigenvalue weighted by atomic mass is 16.5. The van der Waals surface area contributed by atoms with E-state index in [2.05, 4.69) is 4.98 Å². The molecule has 4 rings (SSSR count). The normalized spacial score (nSPS) is 10.9. The van der Waals surface area contributed by atoms with E-state index in [0.29, 0.717) is 29.7 Å². The van der Waals surface area contributed by atoms with E-state index in [1.54, 1.807) is 6.26 Å². The molecular formula is C28H27NO4. The highest BCUT2D eigenvalue weighted by Crippen LogP contribution is 2.25. The second-order valence-corrected chi connectivity index (χ2v) is 8.19. The number of Topliss-reactive ketones (excluding diaryl/α,β-unsaturated/α-hetero) is 1. The maximum absolute atomic E-state index is 12.7. The Morgan fingerprint density at radius 2 is 1.61 bits per heavy atom. The lowest BCUT2D eigenvalue weighted by molar-refractivity contribution is 0.0936. The summed E-state index contributed by atoms with van der Waals surface area (Å²) in [7, 11) is 0. The van der Waals surface area contributed by atoms with Crippen molar-refractivity contribution >= 4 is 5.78 Å². The largest absolute Gasteiger partial charge is 0.489 e. The Morgan fingerprint density at radius 1 is 0.909 bits per heavy atom. The first kappa shape index (κ1) is 22.3. The van der Waals surface area contributed by atoms with E-state index in [-0.39, 0.29) is 18.3 Å². The molecule has 5 nitrogen and oxygen atoms in total. The van der Waals surface area contributed by atoms with Gasteiger partial charge in [0, 0.05) is 28.7 Å². The van der Waals surface area contributed by atoms with E-state index in [1.807, 2.05) is 93.6 Å². The molecule has 4 aromatic rings. The molecule has 0 fully saturated rings. The number of ether oxygens (including phenoxy) is 2. The molecule has 0 unspecified atom stereocenters. The van der Waals surface area contributed by atoms with E-state index in [9.17, 15) is 4.79 Å². The predicted octanol–water partition coefficient (Wildman–Crippen LogP) is 6.65. The van der Waals surface area contributed by atoms with Gasteiger partial charge in [-0.2, -0.15) is 0 Å². The molecule has 0 atom stereocenters. The summed E-state index contributed by atoms with van der Waals surface area (Å²) in [6.07, 6.45) is 1.60. The van der Waals surface area contributed by atoms with Crippen LogP contribution in [0.2, 0.25) is 0 Å². The van der Waals surface area contributed by atoms with Crippen molar-refractivity contribution in [2.24, 2.45) is 5.92 Å². The van der Waals surface area contributed by atoms with Crippen LogP contribution in [0.1, 0.15) is 41.0 Å². The minimum Gasteiger partial charge on any atom is -0.489 e. The lowest BCUT2D eigenvalue weighted by Crippen LogP contribution is -2.13. The minimum absolute atomic E-state index is 0.0690. The van der Waals surface area contributed by atoms with Gasteiger partial charge in [0.05, 0.1) is 0 Å². The van der Waals surface area contributed by atoms with Crippen molar-refractivity contribution in [1.82, 2.24) is 4.98 Å². The molecule has 1 heterocycles. The minimum atomic E-state index is -0.0690. The Balaban J connectivity index is 1.40. The first-order valence-corrected chi connectivity index (χ1v) is 11.0. The number of ketones is 1. The number of nitrogens with zero attached hydrogens (tertiary/aromatic N) is 1. The van der Waals surface area contributed by atoms with Gasteiger partial charge in [-0.1, -0.05) is 56.3 Å². The monoisotopic (exact) mass is 441 g/mol. The van der Waals surface area contributed by atoms with Gasteiger partial charge in [-0.3, -0.25) is 4.79 Å². The van der Waals surface area contributed by atoms with Gasteiger partial charge in [-0.05, 0) is 36.8 Å². The Kier molecular flexibility index (Phi) is 6.89. The number of oxazole rings is 1. The number of rotatable bonds is 9. The number of hydrogen-bond donors (Lipinski definition) is 0. The van der Waals surface area contributed by atoms with Crippen molar-refractivity contribution < 1.29 is 18.7 Å². The summed E-state index contributed by atoms with van der Waals surface area (Å²) in [5.74, 6) is 1.96. The van der Waals surface area contributed by atoms with Gasteiger partial charge in [0.15, 0.2) is 5.78 Å². The van der Waals surface area contributed by atoms with E-state index in [1.165, 1.54) is 0 Å². The fraction of sp³-hybridized carbons (Fsp3) is 0.214. The van der Waals surface area contributed by atoms with Gasteiger partial charge in [-0.25, -0.2) is 4.98 Å². The quantitative estimate of drug-likeness (QED) is 0.272. The van der Waals surface area contributed by atoms with Crippen LogP contribution >= 0.6 is 0 Å². The van der Waals surface area contributed by atoms with Crippen LogP contribution in [0.25, 0.3) is 11.5 Å². The van der Waals surface area contributed by atoms with Gasteiger partial charge in [-0.15, -0.1) is 0 Å². The van der Waals surface area contributed by atoms with Gasteiger partial charge >= 0.3 is 0 Å². The average molecular weight is 442 g/mol. The fourth-order valence-corrected chi connectivity index (χ4v) is 3.55. The van der Waals surface area contributed by atoms with Crippen LogP contribution in [-0.2, 0) is 13.2 Å². The molecule has 0 aliphatic carbocycles. The summed E-state index contributed by atoms with van der Waals surface area (Å²) in [4.78, 5) is 17.2. The second-order valence-electron chi connectivity index (χ2n) is 8.19. The molecule has 0 N–H and O–H groups in total. The summed E-state index contributed by atoms with van der Waals surface area (Å²) >= 11 is 0. The standard InChI is InChI=1S/C28H27NO4/c1-19(2)27(30)26-20(3)9-7-12-22(26)16-31-24-13-8-14-25(15-24)32-17-23-18-33-28(29-23)21-10-5-4-6-11-21/h4-15,18-19H,16-17H2,1-3H3. The number of hydrogen-bond acceptors (Lipinski definition) is 5. The van der Waals surface area contributed by atoms with E-state index in [0.717, 1.165) is 22.3 Å². The molecule has 0 spiro atoms. The number of aryl methyl sites for hydroxylation is 1. The molecule has 33 heavy (non-hydrogen) atoms. The number of benzene rings is 3. The zero-order valence-corrected chi connectivity index (χ0v) is 19.1. The van der Waals surface area contributed by atoms with E-state index in [4.69, 9.17) is 13.9 Å². The maximum atomic E-state index is 12.7. The number of aromatic nitrogens is 1. The molecule has 5 heteroatoms. The first-order valence-electron chi connectivity index (χ1n) is 11.0. The summed E-state index contributed by atoms with van der Waals surface area (Å²) < 4.78 is 17.5. The highest BCUT2D eigenvalue weighted by molar-refractivity contribution is 6.00. The molecule has 0 radical (unpaired) electrons. The summed E-state index contributed by atoms with van der Waals surface area (Å²) in [6.45, 7) is 6.38. The van der Waals surface area contributed by atoms with Gasteiger partial charge < -0.3 is 13.9 Å². The zero-order valence-electron chi connectivity index (χ0n) is 19.1. The molecule has 0 bridgehead atoms.